The molecule has 0 bridgehead atoms. The summed E-state index contributed by atoms with van der Waals surface area (Å²) < 4.78 is 38.2. The van der Waals surface area contributed by atoms with Gasteiger partial charge in [-0.2, -0.15) is 4.99 Å². The molecule has 0 spiro atoms. The Morgan fingerprint density at radius 1 is 1.18 bits per heavy atom. The Kier molecular flexibility index (Phi) is 3.91. The third-order valence-electron chi connectivity index (χ3n) is 1.72. The van der Waals surface area contributed by atoms with Gasteiger partial charge in [0.15, 0.2) is 11.8 Å². The molecule has 0 saturated carbocycles. The van der Waals surface area contributed by atoms with E-state index < -0.39 is 23.8 Å². The molecule has 8 heteroatoms. The van der Waals surface area contributed by atoms with Crippen molar-refractivity contribution in [1.82, 2.24) is 0 Å². The average molecular weight is 245 g/mol. The van der Waals surface area contributed by atoms with Crippen LogP contribution in [0.25, 0.3) is 0 Å². The van der Waals surface area contributed by atoms with Crippen molar-refractivity contribution in [1.29, 1.82) is 0 Å². The first-order valence-corrected chi connectivity index (χ1v) is 4.42. The maximum atomic E-state index is 13.5. The fourth-order valence-corrected chi connectivity index (χ4v) is 1.07. The first-order chi connectivity index (χ1) is 7.91. The number of guanidine groups is 2. The van der Waals surface area contributed by atoms with Crippen LogP contribution in [-0.4, -0.2) is 11.9 Å². The molecule has 1 rings (SSSR count). The van der Waals surface area contributed by atoms with E-state index in [2.05, 4.69) is 9.98 Å². The summed E-state index contributed by atoms with van der Waals surface area (Å²) >= 11 is 0. The summed E-state index contributed by atoms with van der Waals surface area (Å²) in [4.78, 5) is 6.81. The Morgan fingerprint density at radius 3 is 2.35 bits per heavy atom. The number of alkyl halides is 2. The molecule has 0 unspecified atom stereocenters. The molecule has 0 atom stereocenters. The summed E-state index contributed by atoms with van der Waals surface area (Å²) in [6.45, 7) is 0. The second-order valence-corrected chi connectivity index (χ2v) is 2.99. The minimum atomic E-state index is -2.94. The maximum absolute atomic E-state index is 13.5. The largest absolute Gasteiger partial charge is 0.370 e. The van der Waals surface area contributed by atoms with E-state index in [1.165, 1.54) is 12.1 Å². The van der Waals surface area contributed by atoms with Crippen LogP contribution in [0.1, 0.15) is 12.0 Å². The summed E-state index contributed by atoms with van der Waals surface area (Å²) in [7, 11) is 0. The molecule has 0 aliphatic heterocycles. The van der Waals surface area contributed by atoms with Gasteiger partial charge >= 0.3 is 0 Å². The number of rotatable bonds is 2. The van der Waals surface area contributed by atoms with Gasteiger partial charge in [0.05, 0.1) is 5.56 Å². The molecule has 92 valence electrons. The van der Waals surface area contributed by atoms with Gasteiger partial charge in [-0.25, -0.2) is 18.2 Å². The topological polar surface area (TPSA) is 103 Å². The highest BCUT2D eigenvalue weighted by molar-refractivity contribution is 5.93. The van der Waals surface area contributed by atoms with Crippen molar-refractivity contribution in [2.75, 3.05) is 0 Å². The van der Waals surface area contributed by atoms with E-state index >= 15 is 0 Å². The van der Waals surface area contributed by atoms with Crippen molar-refractivity contribution >= 4 is 17.6 Å². The van der Waals surface area contributed by atoms with Crippen LogP contribution in [0.4, 0.5) is 18.9 Å². The zero-order valence-electron chi connectivity index (χ0n) is 8.57. The fraction of sp³-hybridized carbons (Fsp3) is 0.111. The van der Waals surface area contributed by atoms with E-state index in [1.54, 1.807) is 0 Å². The van der Waals surface area contributed by atoms with Gasteiger partial charge in [-0.05, 0) is 6.07 Å². The minimum absolute atomic E-state index is 0.356. The Labute approximate surface area is 94.8 Å². The molecule has 6 N–H and O–H groups in total. The lowest BCUT2D eigenvalue weighted by Crippen LogP contribution is -2.26. The lowest BCUT2D eigenvalue weighted by atomic mass is 10.2. The van der Waals surface area contributed by atoms with Gasteiger partial charge in [0.25, 0.3) is 6.43 Å². The van der Waals surface area contributed by atoms with E-state index in [4.69, 9.17) is 17.2 Å². The zero-order valence-corrected chi connectivity index (χ0v) is 8.57. The predicted octanol–water partition coefficient (Wildman–Crippen LogP) is 0.983. The standard InChI is InChI=1S/C9H10F3N5/c10-6-4(7(11)12)2-1-3-5(6)16-9(15)17-8(13)14/h1-3,7H,(H6,13,14,15,16,17). The molecule has 0 fully saturated rings. The van der Waals surface area contributed by atoms with E-state index in [-0.39, 0.29) is 11.6 Å². The highest BCUT2D eigenvalue weighted by Crippen LogP contribution is 2.28. The third kappa shape index (κ3) is 3.37. The van der Waals surface area contributed by atoms with Crippen molar-refractivity contribution in [2.24, 2.45) is 27.2 Å². The summed E-state index contributed by atoms with van der Waals surface area (Å²) in [5.74, 6) is -1.94. The van der Waals surface area contributed by atoms with E-state index in [1.807, 2.05) is 0 Å². The van der Waals surface area contributed by atoms with Crippen molar-refractivity contribution in [3.05, 3.63) is 29.6 Å². The van der Waals surface area contributed by atoms with Crippen molar-refractivity contribution in [3.8, 4) is 0 Å². The van der Waals surface area contributed by atoms with Crippen LogP contribution in [0.5, 0.6) is 0 Å². The van der Waals surface area contributed by atoms with Crippen molar-refractivity contribution < 1.29 is 13.2 Å². The lowest BCUT2D eigenvalue weighted by Gasteiger charge is -2.04. The number of benzene rings is 1. The summed E-state index contributed by atoms with van der Waals surface area (Å²) in [6, 6.07) is 3.36. The van der Waals surface area contributed by atoms with Crippen LogP contribution in [0.2, 0.25) is 0 Å². The maximum Gasteiger partial charge on any atom is 0.266 e. The van der Waals surface area contributed by atoms with Gasteiger partial charge in [0, 0.05) is 0 Å². The Bertz CT molecular complexity index is 466. The van der Waals surface area contributed by atoms with Crippen LogP contribution < -0.4 is 17.2 Å². The number of halogens is 3. The molecule has 1 aromatic carbocycles. The van der Waals surface area contributed by atoms with Gasteiger partial charge in [0.1, 0.15) is 5.69 Å². The number of aliphatic imine (C=N–C) groups is 2. The third-order valence-corrected chi connectivity index (χ3v) is 1.72. The SMILES string of the molecule is NC(N)=NC(N)=Nc1cccc(C(F)F)c1F. The summed E-state index contributed by atoms with van der Waals surface area (Å²) in [6.07, 6.45) is -2.94. The Morgan fingerprint density at radius 2 is 1.82 bits per heavy atom. The number of nitrogens with zero attached hydrogens (tertiary/aromatic N) is 2. The smallest absolute Gasteiger partial charge is 0.266 e. The molecule has 0 aliphatic rings. The predicted molar refractivity (Wildman–Crippen MR) is 58.4 cm³/mol. The monoisotopic (exact) mass is 245 g/mol. The zero-order chi connectivity index (χ0) is 13.0. The summed E-state index contributed by atoms with van der Waals surface area (Å²) in [5.41, 5.74) is 14.2. The van der Waals surface area contributed by atoms with Crippen LogP contribution in [0.15, 0.2) is 28.2 Å². The van der Waals surface area contributed by atoms with Crippen LogP contribution in [-0.2, 0) is 0 Å². The second kappa shape index (κ2) is 5.19. The van der Waals surface area contributed by atoms with Crippen LogP contribution >= 0.6 is 0 Å². The first kappa shape index (κ1) is 12.8. The Hall–Kier alpha value is -2.25. The lowest BCUT2D eigenvalue weighted by molar-refractivity contribution is 0.146. The van der Waals surface area contributed by atoms with E-state index in [9.17, 15) is 13.2 Å². The molecule has 0 aromatic heterocycles. The molecule has 0 aliphatic carbocycles. The van der Waals surface area contributed by atoms with Gasteiger partial charge in [-0.15, -0.1) is 0 Å². The van der Waals surface area contributed by atoms with Crippen LogP contribution in [0.3, 0.4) is 0 Å². The van der Waals surface area contributed by atoms with E-state index in [0.29, 0.717) is 0 Å². The first-order valence-electron chi connectivity index (χ1n) is 4.42. The molecular formula is C9H10F3N5. The molecule has 0 saturated heterocycles. The van der Waals surface area contributed by atoms with Gasteiger partial charge in [-0.3, -0.25) is 0 Å². The van der Waals surface area contributed by atoms with Crippen molar-refractivity contribution in [3.63, 3.8) is 0 Å². The fourth-order valence-electron chi connectivity index (χ4n) is 1.07. The molecule has 1 aromatic rings. The summed E-state index contributed by atoms with van der Waals surface area (Å²) in [5, 5.41) is 0. The van der Waals surface area contributed by atoms with Crippen LogP contribution in [0, 0.1) is 5.82 Å². The molecular weight excluding hydrogens is 235 g/mol. The van der Waals surface area contributed by atoms with Gasteiger partial charge in [0.2, 0.25) is 5.96 Å². The van der Waals surface area contributed by atoms with Gasteiger partial charge in [-0.1, -0.05) is 12.1 Å². The normalized spacial score (nSPS) is 11.6. The number of nitrogens with two attached hydrogens (primary N) is 3. The second-order valence-electron chi connectivity index (χ2n) is 2.99. The molecule has 17 heavy (non-hydrogen) atoms. The molecule has 5 nitrogen and oxygen atoms in total. The highest BCUT2D eigenvalue weighted by Gasteiger charge is 2.15. The van der Waals surface area contributed by atoms with Gasteiger partial charge < -0.3 is 17.2 Å². The minimum Gasteiger partial charge on any atom is -0.370 e. The number of hydrogen-bond donors (Lipinski definition) is 3. The average Bonchev–Trinajstić information content (AvgIpc) is 2.19. The number of hydrogen-bond acceptors (Lipinski definition) is 1. The van der Waals surface area contributed by atoms with E-state index in [0.717, 1.165) is 6.07 Å². The van der Waals surface area contributed by atoms with Crippen molar-refractivity contribution in [2.45, 2.75) is 6.43 Å². The quantitative estimate of drug-likeness (QED) is 0.534. The molecule has 0 radical (unpaired) electrons. The highest BCUT2D eigenvalue weighted by atomic mass is 19.3. The molecule has 0 heterocycles. The molecule has 0 amide bonds. The Balaban J connectivity index is 3.16.